The molecule has 2 aromatic carbocycles. The van der Waals surface area contributed by atoms with Crippen LogP contribution in [0.2, 0.25) is 0 Å². The minimum atomic E-state index is -3.76. The average molecular weight is 488 g/mol. The Morgan fingerprint density at radius 3 is 2.33 bits per heavy atom. The van der Waals surface area contributed by atoms with E-state index in [0.717, 1.165) is 30.1 Å². The molecule has 1 aliphatic rings. The summed E-state index contributed by atoms with van der Waals surface area (Å²) in [6, 6.07) is 14.7. The lowest BCUT2D eigenvalue weighted by Gasteiger charge is -2.32. The number of hydrogen-bond acceptors (Lipinski definition) is 8. The summed E-state index contributed by atoms with van der Waals surface area (Å²) in [7, 11) is -3.76. The fourth-order valence-corrected chi connectivity index (χ4v) is 6.07. The Kier molecular flexibility index (Phi) is 6.60. The molecule has 0 amide bonds. The summed E-state index contributed by atoms with van der Waals surface area (Å²) in [6.07, 6.45) is 1.65. The van der Waals surface area contributed by atoms with Crippen molar-refractivity contribution in [2.24, 2.45) is 5.41 Å². The predicted molar refractivity (Wildman–Crippen MR) is 132 cm³/mol. The fraction of sp³-hybridized carbons (Fsp3) is 0.391. The summed E-state index contributed by atoms with van der Waals surface area (Å²) in [5, 5.41) is 17.4. The van der Waals surface area contributed by atoms with E-state index in [1.807, 2.05) is 18.2 Å². The van der Waals surface area contributed by atoms with E-state index in [4.69, 9.17) is 0 Å². The molecule has 0 saturated carbocycles. The molecule has 1 aliphatic heterocycles. The molecular formula is C23H29N5O3S2. The first-order chi connectivity index (χ1) is 15.7. The second-order valence-electron chi connectivity index (χ2n) is 9.20. The van der Waals surface area contributed by atoms with Crippen LogP contribution >= 0.6 is 11.7 Å². The normalized spacial score (nSPS) is 16.0. The van der Waals surface area contributed by atoms with Crippen LogP contribution in [-0.4, -0.2) is 39.7 Å². The van der Waals surface area contributed by atoms with E-state index < -0.39 is 10.0 Å². The SMILES string of the molecule is CC(C)(C)[C@@H](Nc1nsnc1Nc1cccc(S(=O)(=O)N2CCCC2)c1O)c1ccccc1. The Bertz CT molecular complexity index is 1200. The second-order valence-corrected chi connectivity index (χ2v) is 11.6. The van der Waals surface area contributed by atoms with E-state index in [1.54, 1.807) is 12.1 Å². The number of anilines is 3. The van der Waals surface area contributed by atoms with Crippen LogP contribution in [0.4, 0.5) is 17.3 Å². The molecule has 8 nitrogen and oxygen atoms in total. The molecule has 4 rings (SSSR count). The third-order valence-corrected chi connectivity index (χ3v) is 8.16. The van der Waals surface area contributed by atoms with Gasteiger partial charge in [0.05, 0.1) is 23.5 Å². The largest absolute Gasteiger partial charge is 0.504 e. The second kappa shape index (κ2) is 9.28. The first kappa shape index (κ1) is 23.5. The minimum Gasteiger partial charge on any atom is -0.504 e. The standard InChI is InChI=1S/C23H29N5O3S2/c1-23(2,3)20(16-10-5-4-6-11-16)25-22-21(26-32-27-22)24-17-12-9-13-18(19(17)29)33(30,31)28-14-7-8-15-28/h4-6,9-13,20,29H,7-8,14-15H2,1-3H3,(H,24,26)(H,25,27)/t20-/m0/s1. The topological polar surface area (TPSA) is 107 Å². The van der Waals surface area contributed by atoms with Gasteiger partial charge in [-0.2, -0.15) is 13.1 Å². The fourth-order valence-electron chi connectivity index (χ4n) is 3.97. The lowest BCUT2D eigenvalue weighted by Crippen LogP contribution is -2.28. The molecule has 1 aromatic heterocycles. The predicted octanol–water partition coefficient (Wildman–Crippen LogP) is 4.97. The number of nitrogens with zero attached hydrogens (tertiary/aromatic N) is 3. The first-order valence-electron chi connectivity index (χ1n) is 10.9. The first-order valence-corrected chi connectivity index (χ1v) is 13.1. The summed E-state index contributed by atoms with van der Waals surface area (Å²) >= 11 is 1.04. The molecule has 1 saturated heterocycles. The number of nitrogens with one attached hydrogen (secondary N) is 2. The zero-order chi connectivity index (χ0) is 23.6. The number of hydrogen-bond donors (Lipinski definition) is 3. The number of aromatic hydroxyl groups is 1. The quantitative estimate of drug-likeness (QED) is 0.404. The van der Waals surface area contributed by atoms with Crippen LogP contribution in [0.15, 0.2) is 53.4 Å². The van der Waals surface area contributed by atoms with Crippen molar-refractivity contribution in [3.05, 3.63) is 54.1 Å². The van der Waals surface area contributed by atoms with Crippen molar-refractivity contribution < 1.29 is 13.5 Å². The van der Waals surface area contributed by atoms with E-state index in [-0.39, 0.29) is 27.8 Å². The van der Waals surface area contributed by atoms with E-state index in [1.165, 1.54) is 10.4 Å². The Balaban J connectivity index is 1.62. The number of phenolic OH excluding ortho intramolecular Hbond substituents is 1. The van der Waals surface area contributed by atoms with Gasteiger partial charge >= 0.3 is 0 Å². The molecule has 3 aromatic rings. The summed E-state index contributed by atoms with van der Waals surface area (Å²) in [5.74, 6) is 0.644. The molecule has 10 heteroatoms. The van der Waals surface area contributed by atoms with Crippen molar-refractivity contribution in [3.63, 3.8) is 0 Å². The van der Waals surface area contributed by atoms with Gasteiger partial charge in [0, 0.05) is 13.1 Å². The van der Waals surface area contributed by atoms with Crippen molar-refractivity contribution in [1.29, 1.82) is 0 Å². The van der Waals surface area contributed by atoms with Gasteiger partial charge in [-0.15, -0.1) is 0 Å². The van der Waals surface area contributed by atoms with Crippen LogP contribution in [0.3, 0.4) is 0 Å². The summed E-state index contributed by atoms with van der Waals surface area (Å²) in [5.41, 5.74) is 1.26. The zero-order valence-electron chi connectivity index (χ0n) is 18.9. The molecule has 0 unspecified atom stereocenters. The molecule has 33 heavy (non-hydrogen) atoms. The Hall–Kier alpha value is -2.69. The summed E-state index contributed by atoms with van der Waals surface area (Å²) in [4.78, 5) is -0.107. The van der Waals surface area contributed by atoms with Crippen LogP contribution in [0, 0.1) is 5.41 Å². The number of aromatic nitrogens is 2. The van der Waals surface area contributed by atoms with Gasteiger partial charge < -0.3 is 15.7 Å². The van der Waals surface area contributed by atoms with Crippen LogP contribution in [0.25, 0.3) is 0 Å². The molecule has 0 bridgehead atoms. The highest BCUT2D eigenvalue weighted by atomic mass is 32.2. The summed E-state index contributed by atoms with van der Waals surface area (Å²) in [6.45, 7) is 7.36. The van der Waals surface area contributed by atoms with Gasteiger partial charge in [0.25, 0.3) is 0 Å². The van der Waals surface area contributed by atoms with Gasteiger partial charge in [0.1, 0.15) is 4.90 Å². The number of para-hydroxylation sites is 1. The molecule has 0 spiro atoms. The molecule has 2 heterocycles. The molecule has 1 atom stereocenters. The maximum atomic E-state index is 13.0. The lowest BCUT2D eigenvalue weighted by molar-refractivity contribution is 0.347. The molecule has 1 fully saturated rings. The zero-order valence-corrected chi connectivity index (χ0v) is 20.6. The molecular weight excluding hydrogens is 458 g/mol. The average Bonchev–Trinajstić information content (AvgIpc) is 3.46. The van der Waals surface area contributed by atoms with E-state index in [2.05, 4.69) is 52.3 Å². The van der Waals surface area contributed by atoms with Crippen molar-refractivity contribution in [2.75, 3.05) is 23.7 Å². The van der Waals surface area contributed by atoms with Crippen LogP contribution in [0.5, 0.6) is 5.75 Å². The highest BCUT2D eigenvalue weighted by Gasteiger charge is 2.31. The number of rotatable bonds is 7. The van der Waals surface area contributed by atoms with Gasteiger partial charge in [-0.25, -0.2) is 8.42 Å². The van der Waals surface area contributed by atoms with Gasteiger partial charge in [0.15, 0.2) is 17.4 Å². The van der Waals surface area contributed by atoms with E-state index in [0.29, 0.717) is 24.7 Å². The van der Waals surface area contributed by atoms with Crippen LogP contribution in [0.1, 0.15) is 45.2 Å². The smallest absolute Gasteiger partial charge is 0.246 e. The van der Waals surface area contributed by atoms with Gasteiger partial charge in [-0.05, 0) is 36.0 Å². The number of phenols is 1. The Labute approximate surface area is 199 Å². The van der Waals surface area contributed by atoms with Crippen molar-refractivity contribution in [1.82, 2.24) is 13.1 Å². The molecule has 176 valence electrons. The Morgan fingerprint density at radius 2 is 1.67 bits per heavy atom. The van der Waals surface area contributed by atoms with Crippen LogP contribution in [-0.2, 0) is 10.0 Å². The molecule has 0 radical (unpaired) electrons. The Morgan fingerprint density at radius 1 is 1.00 bits per heavy atom. The monoisotopic (exact) mass is 487 g/mol. The van der Waals surface area contributed by atoms with Crippen molar-refractivity contribution in [2.45, 2.75) is 44.6 Å². The number of sulfonamides is 1. The lowest BCUT2D eigenvalue weighted by atomic mass is 9.82. The highest BCUT2D eigenvalue weighted by Crippen LogP contribution is 2.39. The van der Waals surface area contributed by atoms with Gasteiger partial charge in [-0.1, -0.05) is 57.2 Å². The molecule has 0 aliphatic carbocycles. The van der Waals surface area contributed by atoms with Crippen molar-refractivity contribution >= 4 is 39.1 Å². The third kappa shape index (κ3) is 4.97. The summed E-state index contributed by atoms with van der Waals surface area (Å²) < 4.78 is 36.1. The highest BCUT2D eigenvalue weighted by molar-refractivity contribution is 7.89. The molecule has 3 N–H and O–H groups in total. The minimum absolute atomic E-state index is 0.0429. The van der Waals surface area contributed by atoms with E-state index >= 15 is 0 Å². The van der Waals surface area contributed by atoms with E-state index in [9.17, 15) is 13.5 Å². The third-order valence-electron chi connectivity index (χ3n) is 5.70. The van der Waals surface area contributed by atoms with Crippen LogP contribution < -0.4 is 10.6 Å². The van der Waals surface area contributed by atoms with Crippen molar-refractivity contribution in [3.8, 4) is 5.75 Å². The maximum absolute atomic E-state index is 13.0. The van der Waals surface area contributed by atoms with Gasteiger partial charge in [-0.3, -0.25) is 0 Å². The number of benzene rings is 2. The maximum Gasteiger partial charge on any atom is 0.246 e. The van der Waals surface area contributed by atoms with Gasteiger partial charge in [0.2, 0.25) is 10.0 Å².